The number of fused-ring (bicyclic) bond motifs is 1. The quantitative estimate of drug-likeness (QED) is 0.706. The minimum Gasteiger partial charge on any atom is -0.477 e. The van der Waals surface area contributed by atoms with E-state index in [9.17, 15) is 19.1 Å². The van der Waals surface area contributed by atoms with Gasteiger partial charge in [-0.2, -0.15) is 8.75 Å². The normalized spacial score (nSPS) is 13.7. The molecule has 0 unspecified atom stereocenters. The maximum absolute atomic E-state index is 14.5. The van der Waals surface area contributed by atoms with Crippen molar-refractivity contribution in [3.05, 3.63) is 52.2 Å². The summed E-state index contributed by atoms with van der Waals surface area (Å²) in [6.45, 7) is 1.01. The van der Waals surface area contributed by atoms with Crippen molar-refractivity contribution in [3.8, 4) is 5.82 Å². The van der Waals surface area contributed by atoms with Crippen LogP contribution in [-0.2, 0) is 0 Å². The molecule has 1 aliphatic rings. The van der Waals surface area contributed by atoms with Crippen LogP contribution in [0.5, 0.6) is 0 Å². The molecule has 0 aromatic carbocycles. The molecular formula is C15H10FN5O3S. The average Bonchev–Trinajstić information content (AvgIpc) is 3.28. The molecule has 1 N–H and O–H groups in total. The fraction of sp³-hybridized carbons (Fsp3) is 0.133. The second-order valence-corrected chi connectivity index (χ2v) is 5.91. The smallest absolute Gasteiger partial charge is 0.341 e. The molecule has 0 aliphatic carbocycles. The third kappa shape index (κ3) is 2.47. The molecule has 4 rings (SSSR count). The Bertz CT molecular complexity index is 1070. The van der Waals surface area contributed by atoms with Crippen molar-refractivity contribution in [1.82, 2.24) is 18.3 Å². The van der Waals surface area contributed by atoms with Crippen LogP contribution in [0.15, 0.2) is 35.4 Å². The van der Waals surface area contributed by atoms with E-state index in [1.54, 1.807) is 4.90 Å². The van der Waals surface area contributed by atoms with Crippen molar-refractivity contribution < 1.29 is 14.3 Å². The first-order valence-corrected chi connectivity index (χ1v) is 7.96. The average molecular weight is 359 g/mol. The van der Waals surface area contributed by atoms with E-state index in [-0.39, 0.29) is 16.9 Å². The molecule has 0 saturated carbocycles. The second-order valence-electron chi connectivity index (χ2n) is 5.35. The predicted octanol–water partition coefficient (Wildman–Crippen LogP) is 1.45. The van der Waals surface area contributed by atoms with Gasteiger partial charge in [-0.25, -0.2) is 14.2 Å². The second kappa shape index (κ2) is 5.74. The molecule has 0 radical (unpaired) electrons. The van der Waals surface area contributed by atoms with Crippen LogP contribution in [0, 0.1) is 5.82 Å². The number of carboxylic acid groups (broad SMARTS) is 1. The Labute approximate surface area is 143 Å². The number of hydrogen-bond acceptors (Lipinski definition) is 7. The Kier molecular flexibility index (Phi) is 3.53. The summed E-state index contributed by atoms with van der Waals surface area (Å²) in [5, 5.41) is 9.14. The fourth-order valence-electron chi connectivity index (χ4n) is 2.68. The molecule has 1 aliphatic heterocycles. The van der Waals surface area contributed by atoms with Crippen LogP contribution in [0.25, 0.3) is 16.9 Å². The Balaban J connectivity index is 2.06. The number of aromatic carboxylic acids is 1. The van der Waals surface area contributed by atoms with Crippen molar-refractivity contribution in [1.29, 1.82) is 0 Å². The molecular weight excluding hydrogens is 349 g/mol. The molecule has 0 fully saturated rings. The van der Waals surface area contributed by atoms with E-state index in [0.29, 0.717) is 18.9 Å². The number of pyridine rings is 2. The lowest BCUT2D eigenvalue weighted by Crippen LogP contribution is -2.24. The molecule has 3 aromatic rings. The SMILES string of the molecule is O=C(O)c1cn(-c2cnsn2)c2nc(N3CC=CC3)c(F)cc2c1=O. The summed E-state index contributed by atoms with van der Waals surface area (Å²) >= 11 is 0.925. The van der Waals surface area contributed by atoms with Crippen LogP contribution in [0.2, 0.25) is 0 Å². The molecule has 0 amide bonds. The third-order valence-corrected chi connectivity index (χ3v) is 4.33. The molecule has 126 valence electrons. The van der Waals surface area contributed by atoms with Gasteiger partial charge in [0.05, 0.1) is 23.3 Å². The van der Waals surface area contributed by atoms with E-state index in [4.69, 9.17) is 0 Å². The lowest BCUT2D eigenvalue weighted by molar-refractivity contribution is 0.0695. The number of hydrogen-bond donors (Lipinski definition) is 1. The van der Waals surface area contributed by atoms with Crippen molar-refractivity contribution in [2.24, 2.45) is 0 Å². The fourth-order valence-corrected chi connectivity index (χ4v) is 3.09. The first-order valence-electron chi connectivity index (χ1n) is 7.23. The summed E-state index contributed by atoms with van der Waals surface area (Å²) in [4.78, 5) is 29.8. The molecule has 4 heterocycles. The Morgan fingerprint density at radius 1 is 1.32 bits per heavy atom. The largest absolute Gasteiger partial charge is 0.477 e. The minimum absolute atomic E-state index is 0.0944. The van der Waals surface area contributed by atoms with E-state index < -0.39 is 22.8 Å². The van der Waals surface area contributed by atoms with E-state index in [1.165, 1.54) is 10.8 Å². The van der Waals surface area contributed by atoms with Gasteiger partial charge in [0.2, 0.25) is 5.43 Å². The lowest BCUT2D eigenvalue weighted by atomic mass is 10.2. The molecule has 8 nitrogen and oxygen atoms in total. The van der Waals surface area contributed by atoms with Gasteiger partial charge >= 0.3 is 5.97 Å². The highest BCUT2D eigenvalue weighted by Crippen LogP contribution is 2.24. The third-order valence-electron chi connectivity index (χ3n) is 3.86. The number of halogens is 1. The first kappa shape index (κ1) is 15.4. The number of aromatic nitrogens is 4. The van der Waals surface area contributed by atoms with Crippen LogP contribution in [-0.4, -0.2) is 42.5 Å². The number of carboxylic acids is 1. The Morgan fingerprint density at radius 2 is 2.08 bits per heavy atom. The van der Waals surface area contributed by atoms with Gasteiger partial charge in [-0.15, -0.1) is 0 Å². The van der Waals surface area contributed by atoms with Crippen molar-refractivity contribution in [2.45, 2.75) is 0 Å². The predicted molar refractivity (Wildman–Crippen MR) is 89.1 cm³/mol. The van der Waals surface area contributed by atoms with Gasteiger partial charge in [-0.3, -0.25) is 9.36 Å². The van der Waals surface area contributed by atoms with Crippen LogP contribution in [0.4, 0.5) is 10.2 Å². The maximum atomic E-state index is 14.5. The van der Waals surface area contributed by atoms with E-state index in [2.05, 4.69) is 13.7 Å². The summed E-state index contributed by atoms with van der Waals surface area (Å²) in [5.41, 5.74) is -1.15. The monoisotopic (exact) mass is 359 g/mol. The highest BCUT2D eigenvalue weighted by atomic mass is 32.1. The molecule has 0 spiro atoms. The zero-order valence-corrected chi connectivity index (χ0v) is 13.4. The van der Waals surface area contributed by atoms with Gasteiger partial charge in [-0.1, -0.05) is 12.2 Å². The van der Waals surface area contributed by atoms with Gasteiger partial charge in [-0.05, 0) is 6.07 Å². The maximum Gasteiger partial charge on any atom is 0.341 e. The zero-order valence-electron chi connectivity index (χ0n) is 12.6. The van der Waals surface area contributed by atoms with Gasteiger partial charge < -0.3 is 10.0 Å². The summed E-state index contributed by atoms with van der Waals surface area (Å²) in [5.74, 6) is -1.69. The molecule has 3 aromatic heterocycles. The van der Waals surface area contributed by atoms with Gasteiger partial charge in [0.15, 0.2) is 23.1 Å². The number of rotatable bonds is 3. The summed E-state index contributed by atoms with van der Waals surface area (Å²) in [6.07, 6.45) is 6.33. The summed E-state index contributed by atoms with van der Waals surface area (Å²) in [6, 6.07) is 1.03. The molecule has 0 saturated heterocycles. The molecule has 0 bridgehead atoms. The van der Waals surface area contributed by atoms with Crippen molar-refractivity contribution >= 4 is 34.5 Å². The number of carbonyl (C=O) groups is 1. The highest BCUT2D eigenvalue weighted by molar-refractivity contribution is 6.99. The molecule has 10 heteroatoms. The Hall–Kier alpha value is -3.14. The topological polar surface area (TPSA) is 101 Å². The standard InChI is InChI=1S/C15H10FN5O3S/c16-10-5-8-12(22)9(15(23)24)7-21(11-6-17-25-19-11)13(8)18-14(10)20-3-1-2-4-20/h1-2,5-7H,3-4H2,(H,23,24). The summed E-state index contributed by atoms with van der Waals surface area (Å²) in [7, 11) is 0. The molecule has 25 heavy (non-hydrogen) atoms. The van der Waals surface area contributed by atoms with E-state index >= 15 is 0 Å². The van der Waals surface area contributed by atoms with E-state index in [1.807, 2.05) is 12.2 Å². The van der Waals surface area contributed by atoms with Crippen molar-refractivity contribution in [2.75, 3.05) is 18.0 Å². The Morgan fingerprint density at radius 3 is 2.72 bits per heavy atom. The van der Waals surface area contributed by atoms with Crippen LogP contribution in [0.1, 0.15) is 10.4 Å². The van der Waals surface area contributed by atoms with Crippen LogP contribution < -0.4 is 10.3 Å². The van der Waals surface area contributed by atoms with Gasteiger partial charge in [0, 0.05) is 19.3 Å². The van der Waals surface area contributed by atoms with Crippen LogP contribution in [0.3, 0.4) is 0 Å². The van der Waals surface area contributed by atoms with Gasteiger partial charge in [0.25, 0.3) is 0 Å². The zero-order chi connectivity index (χ0) is 17.6. The molecule has 0 atom stereocenters. The van der Waals surface area contributed by atoms with Gasteiger partial charge in [0.1, 0.15) is 5.56 Å². The highest BCUT2D eigenvalue weighted by Gasteiger charge is 2.22. The number of nitrogens with zero attached hydrogens (tertiary/aromatic N) is 5. The lowest BCUT2D eigenvalue weighted by Gasteiger charge is -2.18. The number of anilines is 1. The first-order chi connectivity index (χ1) is 12.1. The minimum atomic E-state index is -1.41. The summed E-state index contributed by atoms with van der Waals surface area (Å²) < 4.78 is 23.8. The van der Waals surface area contributed by atoms with E-state index in [0.717, 1.165) is 24.0 Å². The van der Waals surface area contributed by atoms with Crippen LogP contribution >= 0.6 is 11.7 Å². The van der Waals surface area contributed by atoms with Crippen molar-refractivity contribution in [3.63, 3.8) is 0 Å².